The van der Waals surface area contributed by atoms with Crippen molar-refractivity contribution in [2.75, 3.05) is 6.54 Å². The molecule has 0 aliphatic heterocycles. The predicted octanol–water partition coefficient (Wildman–Crippen LogP) is 3.12. The highest BCUT2D eigenvalue weighted by molar-refractivity contribution is 5.85. The van der Waals surface area contributed by atoms with Crippen molar-refractivity contribution in [3.05, 3.63) is 35.4 Å². The Morgan fingerprint density at radius 3 is 2.77 bits per heavy atom. The molecule has 2 rings (SSSR count). The fourth-order valence-corrected chi connectivity index (χ4v) is 2.64. The fourth-order valence-electron chi connectivity index (χ4n) is 2.64. The molecule has 1 amide bonds. The molecule has 124 valence electrons. The average molecular weight is 333 g/mol. The normalized spacial score (nSPS) is 20.9. The van der Waals surface area contributed by atoms with Crippen molar-refractivity contribution in [2.45, 2.75) is 44.6 Å². The van der Waals surface area contributed by atoms with Crippen LogP contribution in [0.4, 0.5) is 8.78 Å². The van der Waals surface area contributed by atoms with E-state index in [2.05, 4.69) is 12.2 Å². The van der Waals surface area contributed by atoms with E-state index >= 15 is 0 Å². The Kier molecular flexibility index (Phi) is 7.23. The van der Waals surface area contributed by atoms with Crippen LogP contribution in [0.1, 0.15) is 44.1 Å². The second-order valence-corrected chi connectivity index (χ2v) is 5.70. The number of nitrogens with two attached hydrogens (primary N) is 1. The smallest absolute Gasteiger partial charge is 0.224 e. The van der Waals surface area contributed by atoms with E-state index in [4.69, 9.17) is 5.73 Å². The Hall–Kier alpha value is -1.20. The minimum atomic E-state index is -0.597. The van der Waals surface area contributed by atoms with Crippen molar-refractivity contribution in [1.82, 2.24) is 5.32 Å². The molecule has 3 unspecified atom stereocenters. The fraction of sp³-hybridized carbons (Fsp3) is 0.562. The summed E-state index contributed by atoms with van der Waals surface area (Å²) >= 11 is 0. The summed E-state index contributed by atoms with van der Waals surface area (Å²) in [7, 11) is 0. The zero-order chi connectivity index (χ0) is 15.4. The van der Waals surface area contributed by atoms with Crippen molar-refractivity contribution in [3.8, 4) is 0 Å². The van der Waals surface area contributed by atoms with Gasteiger partial charge in [0, 0.05) is 24.6 Å². The topological polar surface area (TPSA) is 55.1 Å². The quantitative estimate of drug-likeness (QED) is 0.806. The van der Waals surface area contributed by atoms with E-state index in [1.165, 1.54) is 12.1 Å². The first-order chi connectivity index (χ1) is 10.1. The van der Waals surface area contributed by atoms with Gasteiger partial charge in [0.25, 0.3) is 0 Å². The Labute approximate surface area is 136 Å². The molecule has 0 aromatic heterocycles. The first kappa shape index (κ1) is 18.8. The maximum absolute atomic E-state index is 13.7. The molecule has 1 saturated carbocycles. The van der Waals surface area contributed by atoms with Crippen LogP contribution in [0.25, 0.3) is 0 Å². The lowest BCUT2D eigenvalue weighted by atomic mass is 10.1. The summed E-state index contributed by atoms with van der Waals surface area (Å²) in [6.07, 6.45) is 3.54. The van der Waals surface area contributed by atoms with Crippen molar-refractivity contribution in [2.24, 2.45) is 11.7 Å². The maximum Gasteiger partial charge on any atom is 0.224 e. The summed E-state index contributed by atoms with van der Waals surface area (Å²) in [5.41, 5.74) is 6.08. The number of benzene rings is 1. The molecule has 1 aliphatic carbocycles. The third-order valence-corrected chi connectivity index (χ3v) is 4.03. The highest BCUT2D eigenvalue weighted by Crippen LogP contribution is 2.48. The molecule has 6 heteroatoms. The van der Waals surface area contributed by atoms with Gasteiger partial charge in [0.05, 0.1) is 0 Å². The summed E-state index contributed by atoms with van der Waals surface area (Å²) in [5, 5.41) is 2.93. The largest absolute Gasteiger partial charge is 0.352 e. The van der Waals surface area contributed by atoms with Gasteiger partial charge in [0.2, 0.25) is 5.91 Å². The van der Waals surface area contributed by atoms with Crippen LogP contribution in [-0.4, -0.2) is 18.5 Å². The molecule has 0 bridgehead atoms. The Morgan fingerprint density at radius 1 is 1.45 bits per heavy atom. The molecule has 0 spiro atoms. The van der Waals surface area contributed by atoms with Crippen LogP contribution >= 0.6 is 12.4 Å². The zero-order valence-electron chi connectivity index (χ0n) is 12.6. The molecule has 1 aromatic carbocycles. The van der Waals surface area contributed by atoms with Crippen molar-refractivity contribution in [1.29, 1.82) is 0 Å². The molecule has 1 aromatic rings. The van der Waals surface area contributed by atoms with E-state index in [1.54, 1.807) is 0 Å². The number of unbranched alkanes of at least 4 members (excludes halogenated alkanes) is 1. The predicted molar refractivity (Wildman–Crippen MR) is 85.0 cm³/mol. The highest BCUT2D eigenvalue weighted by Gasteiger charge is 2.45. The van der Waals surface area contributed by atoms with Crippen LogP contribution in [0.3, 0.4) is 0 Å². The van der Waals surface area contributed by atoms with Crippen molar-refractivity contribution < 1.29 is 13.6 Å². The summed E-state index contributed by atoms with van der Waals surface area (Å²) in [4.78, 5) is 12.1. The van der Waals surface area contributed by atoms with Crippen molar-refractivity contribution >= 4 is 18.3 Å². The van der Waals surface area contributed by atoms with Crippen LogP contribution in [-0.2, 0) is 4.79 Å². The van der Waals surface area contributed by atoms with Crippen LogP contribution < -0.4 is 11.1 Å². The molecule has 1 fully saturated rings. The van der Waals surface area contributed by atoms with Gasteiger partial charge in [-0.15, -0.1) is 12.4 Å². The molecular formula is C16H23ClF2N2O. The number of hydrogen-bond acceptors (Lipinski definition) is 2. The van der Waals surface area contributed by atoms with Crippen LogP contribution in [0.5, 0.6) is 0 Å². The Balaban J connectivity index is 0.00000242. The van der Waals surface area contributed by atoms with E-state index in [1.807, 2.05) is 0 Å². The summed E-state index contributed by atoms with van der Waals surface area (Å²) < 4.78 is 26.6. The molecular weight excluding hydrogens is 310 g/mol. The van der Waals surface area contributed by atoms with Gasteiger partial charge in [0.15, 0.2) is 0 Å². The zero-order valence-corrected chi connectivity index (χ0v) is 13.5. The van der Waals surface area contributed by atoms with Gasteiger partial charge in [0.1, 0.15) is 11.6 Å². The standard InChI is InChI=1S/C16H22F2N2O.ClH/c1-2-3-4-11(9-19)20-16(21)14-8-13(14)12-6-5-10(17)7-15(12)18;/h5-7,11,13-14H,2-4,8-9,19H2,1H3,(H,20,21);1H. The Morgan fingerprint density at radius 2 is 2.18 bits per heavy atom. The Bertz CT molecular complexity index is 513. The lowest BCUT2D eigenvalue weighted by Gasteiger charge is -2.16. The summed E-state index contributed by atoms with van der Waals surface area (Å²) in [5.74, 6) is -1.61. The minimum absolute atomic E-state index is 0. The van der Waals surface area contributed by atoms with Crippen LogP contribution in [0, 0.1) is 17.6 Å². The monoisotopic (exact) mass is 332 g/mol. The number of nitrogens with one attached hydrogen (secondary N) is 1. The molecule has 3 N–H and O–H groups in total. The third kappa shape index (κ3) is 4.65. The number of hydrogen-bond donors (Lipinski definition) is 2. The number of amides is 1. The van der Waals surface area contributed by atoms with Crippen LogP contribution in [0.15, 0.2) is 18.2 Å². The second kappa shape index (κ2) is 8.44. The molecule has 1 aliphatic rings. The van der Waals surface area contributed by atoms with E-state index in [-0.39, 0.29) is 36.2 Å². The minimum Gasteiger partial charge on any atom is -0.352 e. The van der Waals surface area contributed by atoms with Gasteiger partial charge >= 0.3 is 0 Å². The van der Waals surface area contributed by atoms with E-state index in [0.717, 1.165) is 25.3 Å². The van der Waals surface area contributed by atoms with Gasteiger partial charge in [-0.2, -0.15) is 0 Å². The van der Waals surface area contributed by atoms with E-state index < -0.39 is 11.6 Å². The SMILES string of the molecule is CCCCC(CN)NC(=O)C1CC1c1ccc(F)cc1F.Cl. The lowest BCUT2D eigenvalue weighted by Crippen LogP contribution is -2.41. The molecule has 0 radical (unpaired) electrons. The number of halogens is 3. The first-order valence-corrected chi connectivity index (χ1v) is 7.52. The number of rotatable bonds is 7. The van der Waals surface area contributed by atoms with Gasteiger partial charge in [-0.3, -0.25) is 4.79 Å². The summed E-state index contributed by atoms with van der Waals surface area (Å²) in [6.45, 7) is 2.50. The lowest BCUT2D eigenvalue weighted by molar-refractivity contribution is -0.123. The maximum atomic E-state index is 13.7. The summed E-state index contributed by atoms with van der Waals surface area (Å²) in [6, 6.07) is 3.51. The molecule has 0 heterocycles. The van der Waals surface area contributed by atoms with Gasteiger partial charge in [-0.1, -0.05) is 25.8 Å². The molecule has 0 saturated heterocycles. The number of carbonyl (C=O) groups excluding carboxylic acids is 1. The van der Waals surface area contributed by atoms with Crippen LogP contribution in [0.2, 0.25) is 0 Å². The first-order valence-electron chi connectivity index (χ1n) is 7.52. The van der Waals surface area contributed by atoms with Crippen molar-refractivity contribution in [3.63, 3.8) is 0 Å². The van der Waals surface area contributed by atoms with Gasteiger partial charge in [-0.05, 0) is 30.4 Å². The second-order valence-electron chi connectivity index (χ2n) is 5.70. The third-order valence-electron chi connectivity index (χ3n) is 4.03. The van der Waals surface area contributed by atoms with E-state index in [0.29, 0.717) is 18.5 Å². The average Bonchev–Trinajstić information content (AvgIpc) is 3.23. The highest BCUT2D eigenvalue weighted by atomic mass is 35.5. The molecule has 3 atom stereocenters. The molecule has 22 heavy (non-hydrogen) atoms. The van der Waals surface area contributed by atoms with Gasteiger partial charge < -0.3 is 11.1 Å². The molecule has 3 nitrogen and oxygen atoms in total. The van der Waals surface area contributed by atoms with Gasteiger partial charge in [-0.25, -0.2) is 8.78 Å². The van der Waals surface area contributed by atoms with E-state index in [9.17, 15) is 13.6 Å². The number of carbonyl (C=O) groups is 1.